The maximum Gasteiger partial charge on any atom is 0.133 e. The normalized spacial score (nSPS) is 13.6. The first-order chi connectivity index (χ1) is 8.33. The number of rotatable bonds is 1. The molecule has 0 saturated carbocycles. The second kappa shape index (κ2) is 4.01. The summed E-state index contributed by atoms with van der Waals surface area (Å²) in [5.41, 5.74) is 3.15. The van der Waals surface area contributed by atoms with Crippen molar-refractivity contribution in [3.8, 4) is 0 Å². The van der Waals surface area contributed by atoms with Crippen LogP contribution in [-0.2, 0) is 6.54 Å². The molecule has 1 aliphatic rings. The van der Waals surface area contributed by atoms with Gasteiger partial charge in [0.1, 0.15) is 11.7 Å². The Labute approximate surface area is 98.8 Å². The Balaban J connectivity index is 1.93. The lowest BCUT2D eigenvalue weighted by Gasteiger charge is -2.18. The lowest BCUT2D eigenvalue weighted by atomic mass is 10.1. The number of benzene rings is 2. The molecule has 0 atom stereocenters. The van der Waals surface area contributed by atoms with E-state index in [1.54, 1.807) is 12.1 Å². The van der Waals surface area contributed by atoms with E-state index in [9.17, 15) is 4.39 Å². The highest BCUT2D eigenvalue weighted by molar-refractivity contribution is 6.09. The van der Waals surface area contributed by atoms with Gasteiger partial charge in [-0.2, -0.15) is 0 Å². The van der Waals surface area contributed by atoms with E-state index in [4.69, 9.17) is 0 Å². The van der Waals surface area contributed by atoms with Crippen molar-refractivity contribution in [2.24, 2.45) is 4.99 Å². The number of hydrogen-bond acceptors (Lipinski definition) is 2. The van der Waals surface area contributed by atoms with Crippen LogP contribution in [0.25, 0.3) is 0 Å². The third-order valence-corrected chi connectivity index (χ3v) is 2.80. The zero-order valence-corrected chi connectivity index (χ0v) is 9.15. The van der Waals surface area contributed by atoms with E-state index in [0.717, 1.165) is 17.1 Å². The van der Waals surface area contributed by atoms with Gasteiger partial charge in [-0.1, -0.05) is 18.2 Å². The number of para-hydroxylation sites is 1. The van der Waals surface area contributed by atoms with Crippen LogP contribution in [0.3, 0.4) is 0 Å². The van der Waals surface area contributed by atoms with Gasteiger partial charge in [-0.25, -0.2) is 4.39 Å². The number of anilines is 1. The Bertz CT molecular complexity index is 573. The minimum atomic E-state index is -0.231. The highest BCUT2D eigenvalue weighted by atomic mass is 19.1. The van der Waals surface area contributed by atoms with Gasteiger partial charge in [-0.3, -0.25) is 4.99 Å². The average molecular weight is 226 g/mol. The first-order valence-electron chi connectivity index (χ1n) is 5.48. The summed E-state index contributed by atoms with van der Waals surface area (Å²) in [7, 11) is 0. The van der Waals surface area contributed by atoms with E-state index in [1.807, 2.05) is 24.3 Å². The van der Waals surface area contributed by atoms with Crippen molar-refractivity contribution in [2.45, 2.75) is 6.54 Å². The molecule has 1 N–H and O–H groups in total. The van der Waals surface area contributed by atoms with Crippen LogP contribution >= 0.6 is 0 Å². The zero-order valence-electron chi connectivity index (χ0n) is 9.15. The van der Waals surface area contributed by atoms with Crippen LogP contribution in [0, 0.1) is 5.82 Å². The van der Waals surface area contributed by atoms with Crippen molar-refractivity contribution in [1.82, 2.24) is 0 Å². The number of fused-ring (bicyclic) bond motifs is 1. The molecule has 84 valence electrons. The van der Waals surface area contributed by atoms with Gasteiger partial charge in [-0.05, 0) is 35.9 Å². The van der Waals surface area contributed by atoms with Gasteiger partial charge in [-0.15, -0.1) is 0 Å². The lowest BCUT2D eigenvalue weighted by Crippen LogP contribution is -2.18. The third-order valence-electron chi connectivity index (χ3n) is 2.80. The summed E-state index contributed by atoms with van der Waals surface area (Å²) in [6, 6.07) is 14.4. The van der Waals surface area contributed by atoms with E-state index in [-0.39, 0.29) is 5.82 Å². The lowest BCUT2D eigenvalue weighted by molar-refractivity contribution is 0.628. The van der Waals surface area contributed by atoms with Crippen LogP contribution in [0.1, 0.15) is 11.1 Å². The highest BCUT2D eigenvalue weighted by Crippen LogP contribution is 2.21. The SMILES string of the molecule is Fc1ccc(C2=NCc3ccccc3N2)cc1. The molecular weight excluding hydrogens is 215 g/mol. The molecule has 17 heavy (non-hydrogen) atoms. The Hall–Kier alpha value is -2.16. The number of hydrogen-bond donors (Lipinski definition) is 1. The number of nitrogens with zero attached hydrogens (tertiary/aromatic N) is 1. The minimum absolute atomic E-state index is 0.231. The predicted molar refractivity (Wildman–Crippen MR) is 66.7 cm³/mol. The van der Waals surface area contributed by atoms with Crippen molar-refractivity contribution >= 4 is 11.5 Å². The minimum Gasteiger partial charge on any atom is -0.340 e. The van der Waals surface area contributed by atoms with Crippen LogP contribution in [0.15, 0.2) is 53.5 Å². The topological polar surface area (TPSA) is 24.4 Å². The van der Waals surface area contributed by atoms with Crippen molar-refractivity contribution in [3.05, 3.63) is 65.5 Å². The molecule has 2 aromatic carbocycles. The Morgan fingerprint density at radius 3 is 2.59 bits per heavy atom. The van der Waals surface area contributed by atoms with Crippen molar-refractivity contribution in [1.29, 1.82) is 0 Å². The van der Waals surface area contributed by atoms with Gasteiger partial charge in [0.05, 0.1) is 6.54 Å². The standard InChI is InChI=1S/C14H11FN2/c15-12-7-5-10(6-8-12)14-16-9-11-3-1-2-4-13(11)17-14/h1-8H,9H2,(H,16,17). The summed E-state index contributed by atoms with van der Waals surface area (Å²) in [5.74, 6) is 0.564. The third kappa shape index (κ3) is 1.91. The fraction of sp³-hybridized carbons (Fsp3) is 0.0714. The second-order valence-corrected chi connectivity index (χ2v) is 3.95. The van der Waals surface area contributed by atoms with E-state index in [1.165, 1.54) is 17.7 Å². The van der Waals surface area contributed by atoms with Crippen LogP contribution in [0.2, 0.25) is 0 Å². The van der Waals surface area contributed by atoms with Gasteiger partial charge < -0.3 is 5.32 Å². The fourth-order valence-electron chi connectivity index (χ4n) is 1.88. The molecule has 0 aromatic heterocycles. The Morgan fingerprint density at radius 2 is 1.76 bits per heavy atom. The van der Waals surface area contributed by atoms with Crippen molar-refractivity contribution in [3.63, 3.8) is 0 Å². The average Bonchev–Trinajstić information content (AvgIpc) is 2.39. The molecule has 0 unspecified atom stereocenters. The maximum absolute atomic E-state index is 12.8. The molecule has 0 spiro atoms. The van der Waals surface area contributed by atoms with Gasteiger partial charge in [0.2, 0.25) is 0 Å². The van der Waals surface area contributed by atoms with Gasteiger partial charge in [0.25, 0.3) is 0 Å². The Kier molecular flexibility index (Phi) is 2.37. The molecule has 0 amide bonds. The molecule has 0 saturated heterocycles. The zero-order chi connectivity index (χ0) is 11.7. The fourth-order valence-corrected chi connectivity index (χ4v) is 1.88. The molecule has 2 nitrogen and oxygen atoms in total. The number of halogens is 1. The molecule has 2 aromatic rings. The Morgan fingerprint density at radius 1 is 1.00 bits per heavy atom. The first-order valence-corrected chi connectivity index (χ1v) is 5.48. The number of nitrogens with one attached hydrogen (secondary N) is 1. The quantitative estimate of drug-likeness (QED) is 0.793. The van der Waals surface area contributed by atoms with Crippen LogP contribution in [0.4, 0.5) is 10.1 Å². The predicted octanol–water partition coefficient (Wildman–Crippen LogP) is 3.20. The summed E-state index contributed by atoms with van der Waals surface area (Å²) in [4.78, 5) is 4.45. The van der Waals surface area contributed by atoms with Crippen molar-refractivity contribution < 1.29 is 4.39 Å². The van der Waals surface area contributed by atoms with E-state index in [0.29, 0.717) is 6.54 Å². The number of amidine groups is 1. The summed E-state index contributed by atoms with van der Waals surface area (Å²) in [6.45, 7) is 0.663. The molecule has 3 heteroatoms. The first kappa shape index (κ1) is 10.0. The van der Waals surface area contributed by atoms with Gasteiger partial charge in [0.15, 0.2) is 0 Å². The smallest absolute Gasteiger partial charge is 0.133 e. The summed E-state index contributed by atoms with van der Waals surface area (Å²) in [6.07, 6.45) is 0. The van der Waals surface area contributed by atoms with Gasteiger partial charge >= 0.3 is 0 Å². The number of aliphatic imine (C=N–C) groups is 1. The molecule has 0 bridgehead atoms. The molecule has 3 rings (SSSR count). The molecular formula is C14H11FN2. The van der Waals surface area contributed by atoms with E-state index < -0.39 is 0 Å². The monoisotopic (exact) mass is 226 g/mol. The largest absolute Gasteiger partial charge is 0.340 e. The summed E-state index contributed by atoms with van der Waals surface area (Å²) < 4.78 is 12.8. The summed E-state index contributed by atoms with van der Waals surface area (Å²) >= 11 is 0. The van der Waals surface area contributed by atoms with E-state index >= 15 is 0 Å². The molecule has 1 aliphatic heterocycles. The van der Waals surface area contributed by atoms with Crippen molar-refractivity contribution in [2.75, 3.05) is 5.32 Å². The molecule has 0 radical (unpaired) electrons. The van der Waals surface area contributed by atoms with Crippen LogP contribution in [0.5, 0.6) is 0 Å². The van der Waals surface area contributed by atoms with E-state index in [2.05, 4.69) is 10.3 Å². The highest BCUT2D eigenvalue weighted by Gasteiger charge is 2.11. The molecule has 1 heterocycles. The molecule has 0 aliphatic carbocycles. The molecule has 0 fully saturated rings. The summed E-state index contributed by atoms with van der Waals surface area (Å²) in [5, 5.41) is 3.26. The van der Waals surface area contributed by atoms with Crippen LogP contribution < -0.4 is 5.32 Å². The maximum atomic E-state index is 12.8. The second-order valence-electron chi connectivity index (χ2n) is 3.95. The van der Waals surface area contributed by atoms with Crippen LogP contribution in [-0.4, -0.2) is 5.84 Å². The van der Waals surface area contributed by atoms with Gasteiger partial charge in [0, 0.05) is 11.3 Å².